The number of benzene rings is 2. The van der Waals surface area contributed by atoms with E-state index < -0.39 is 50.4 Å². The van der Waals surface area contributed by atoms with Gasteiger partial charge in [-0.05, 0) is 68.4 Å². The fraction of sp³-hybridized carbons (Fsp3) is 0.206. The first-order valence-electron chi connectivity index (χ1n) is 15.3. The lowest BCUT2D eigenvalue weighted by Crippen LogP contribution is -2.42. The number of anilines is 4. The highest BCUT2D eigenvalue weighted by Gasteiger charge is 2.24. The topological polar surface area (TPSA) is 161 Å². The Bertz CT molecular complexity index is 2340. The number of pyridine rings is 2. The average molecular weight is 721 g/mol. The zero-order valence-corrected chi connectivity index (χ0v) is 29.2. The predicted molar refractivity (Wildman–Crippen MR) is 188 cm³/mol. The van der Waals surface area contributed by atoms with Crippen LogP contribution in [0.15, 0.2) is 93.6 Å². The van der Waals surface area contributed by atoms with Crippen molar-refractivity contribution in [3.05, 3.63) is 117 Å². The van der Waals surface area contributed by atoms with E-state index >= 15 is 4.39 Å². The van der Waals surface area contributed by atoms with Gasteiger partial charge in [0.05, 0.1) is 5.69 Å². The number of hydrogen-bond donors (Lipinski definition) is 2. The van der Waals surface area contributed by atoms with Gasteiger partial charge >= 0.3 is 5.69 Å². The van der Waals surface area contributed by atoms with Crippen molar-refractivity contribution in [3.8, 4) is 17.2 Å². The summed E-state index contributed by atoms with van der Waals surface area (Å²) in [6.07, 6.45) is 2.49. The normalized spacial score (nSPS) is 11.5. The Morgan fingerprint density at radius 3 is 2.27 bits per heavy atom. The number of sulfonamides is 1. The Hall–Kier alpha value is -5.94. The lowest BCUT2D eigenvalue weighted by atomic mass is 10.2. The number of amides is 1. The molecule has 0 fully saturated rings. The second-order valence-corrected chi connectivity index (χ2v) is 14.0. The average Bonchev–Trinajstić information content (AvgIpc) is 3.06. The molecule has 2 aromatic carbocycles. The van der Waals surface area contributed by atoms with Gasteiger partial charge in [-0.2, -0.15) is 0 Å². The largest absolute Gasteiger partial charge is 0.454 e. The predicted octanol–water partition coefficient (Wildman–Crippen LogP) is 4.75. The van der Waals surface area contributed by atoms with E-state index in [1.165, 1.54) is 67.3 Å². The van der Waals surface area contributed by atoms with Gasteiger partial charge in [0.15, 0.2) is 17.4 Å². The van der Waals surface area contributed by atoms with Crippen LogP contribution < -0.4 is 31.5 Å². The van der Waals surface area contributed by atoms with Gasteiger partial charge in [0.25, 0.3) is 11.5 Å². The van der Waals surface area contributed by atoms with E-state index in [9.17, 15) is 27.2 Å². The maximum Gasteiger partial charge on any atom is 0.335 e. The minimum absolute atomic E-state index is 0.0130. The van der Waals surface area contributed by atoms with Gasteiger partial charge in [0.2, 0.25) is 10.0 Å². The van der Waals surface area contributed by atoms with Gasteiger partial charge in [-0.15, -0.1) is 0 Å². The van der Waals surface area contributed by atoms with Gasteiger partial charge < -0.3 is 20.3 Å². The van der Waals surface area contributed by atoms with E-state index in [2.05, 4.69) is 20.6 Å². The lowest BCUT2D eigenvalue weighted by Gasteiger charge is -2.18. The summed E-state index contributed by atoms with van der Waals surface area (Å²) < 4.78 is 63.5. The van der Waals surface area contributed by atoms with Crippen LogP contribution >= 0.6 is 0 Å². The Kier molecular flexibility index (Phi) is 10.3. The minimum atomic E-state index is -3.89. The first-order chi connectivity index (χ1) is 24.1. The molecule has 14 nitrogen and oxygen atoms in total. The zero-order chi connectivity index (χ0) is 37.2. The molecule has 17 heteroatoms. The van der Waals surface area contributed by atoms with Crippen molar-refractivity contribution in [2.45, 2.75) is 24.8 Å². The third-order valence-corrected chi connectivity index (χ3v) is 9.30. The van der Waals surface area contributed by atoms with Crippen LogP contribution in [0.3, 0.4) is 0 Å². The monoisotopic (exact) mass is 720 g/mol. The smallest absolute Gasteiger partial charge is 0.335 e. The molecule has 0 radical (unpaired) electrons. The number of carbonyl (C=O) groups is 1. The highest BCUT2D eigenvalue weighted by molar-refractivity contribution is 7.89. The van der Waals surface area contributed by atoms with Crippen LogP contribution in [0.4, 0.5) is 31.9 Å². The number of nitrogens with zero attached hydrogens (tertiary/aromatic N) is 6. The van der Waals surface area contributed by atoms with E-state index in [-0.39, 0.29) is 39.4 Å². The van der Waals surface area contributed by atoms with Crippen molar-refractivity contribution in [2.24, 2.45) is 0 Å². The van der Waals surface area contributed by atoms with Gasteiger partial charge in [-0.1, -0.05) is 0 Å². The summed E-state index contributed by atoms with van der Waals surface area (Å²) in [5.74, 6) is -1.78. The molecule has 1 amide bonds. The third-order valence-electron chi connectivity index (χ3n) is 7.46. The molecule has 0 aliphatic heterocycles. The molecule has 0 aliphatic rings. The third kappa shape index (κ3) is 7.79. The molecule has 0 unspecified atom stereocenters. The van der Waals surface area contributed by atoms with Crippen molar-refractivity contribution in [3.63, 3.8) is 0 Å². The molecule has 51 heavy (non-hydrogen) atoms. The SMILES string of the molecule is CC(C)n1cc(C(=O)Nc2ccc(Oc3ccnc(Nc4nc(N(C)C)ccc4S(=O)(=O)N(C)C)c3)c(F)c2)c(=O)n(-c2ccc(F)cc2)c1=O. The molecule has 2 N–H and O–H groups in total. The van der Waals surface area contributed by atoms with Crippen molar-refractivity contribution in [1.29, 1.82) is 0 Å². The first kappa shape index (κ1) is 36.3. The summed E-state index contributed by atoms with van der Waals surface area (Å²) in [5, 5.41) is 5.38. The molecule has 0 bridgehead atoms. The van der Waals surface area contributed by atoms with Crippen molar-refractivity contribution in [1.82, 2.24) is 23.4 Å². The summed E-state index contributed by atoms with van der Waals surface area (Å²) >= 11 is 0. The van der Waals surface area contributed by atoms with Crippen LogP contribution in [0.1, 0.15) is 30.2 Å². The van der Waals surface area contributed by atoms with E-state index in [0.29, 0.717) is 5.82 Å². The number of hydrogen-bond acceptors (Lipinski definition) is 10. The summed E-state index contributed by atoms with van der Waals surface area (Å²) in [6, 6.07) is 13.7. The maximum atomic E-state index is 15.3. The van der Waals surface area contributed by atoms with E-state index in [4.69, 9.17) is 4.74 Å². The van der Waals surface area contributed by atoms with E-state index in [0.717, 1.165) is 33.3 Å². The summed E-state index contributed by atoms with van der Waals surface area (Å²) in [6.45, 7) is 3.37. The number of rotatable bonds is 11. The van der Waals surface area contributed by atoms with Gasteiger partial charge in [-0.25, -0.2) is 40.8 Å². The van der Waals surface area contributed by atoms with Crippen molar-refractivity contribution in [2.75, 3.05) is 43.7 Å². The van der Waals surface area contributed by atoms with Crippen LogP contribution in [0.5, 0.6) is 11.5 Å². The molecule has 5 aromatic rings. The maximum absolute atomic E-state index is 15.3. The summed E-state index contributed by atoms with van der Waals surface area (Å²) in [7, 11) is 2.42. The Labute approximate surface area is 291 Å². The Balaban J connectivity index is 1.39. The molecule has 3 aromatic heterocycles. The summed E-state index contributed by atoms with van der Waals surface area (Å²) in [5.41, 5.74) is -2.03. The molecule has 0 spiro atoms. The Morgan fingerprint density at radius 1 is 0.941 bits per heavy atom. The van der Waals surface area contributed by atoms with Crippen molar-refractivity contribution < 1.29 is 26.7 Å². The fourth-order valence-corrected chi connectivity index (χ4v) is 5.72. The molecule has 0 saturated heterocycles. The molecule has 5 rings (SSSR count). The number of halogens is 2. The molecule has 266 valence electrons. The van der Waals surface area contributed by atoms with Crippen LogP contribution in [-0.4, -0.2) is 65.9 Å². The number of aromatic nitrogens is 4. The van der Waals surface area contributed by atoms with Gasteiger partial charge in [0.1, 0.15) is 33.7 Å². The highest BCUT2D eigenvalue weighted by Crippen LogP contribution is 2.31. The van der Waals surface area contributed by atoms with Gasteiger partial charge in [-0.3, -0.25) is 14.2 Å². The molecule has 0 saturated carbocycles. The standard InChI is InChI=1S/C34H34F2N8O6S/c1-20(2)43-19-25(33(46)44(34(43)47)23-10-7-21(35)8-11-23)32(45)38-22-9-12-27(26(36)17-22)50-24-15-16-37-29(18-24)39-31-28(51(48,49)42(5)6)13-14-30(40-31)41(3)4/h7-20H,1-6H3,(H,38,45)(H,37,39,40). The Morgan fingerprint density at radius 2 is 1.65 bits per heavy atom. The lowest BCUT2D eigenvalue weighted by molar-refractivity contribution is 0.102. The number of ether oxygens (including phenoxy) is 1. The van der Waals surface area contributed by atoms with Crippen LogP contribution in [0, 0.1) is 11.6 Å². The number of carbonyl (C=O) groups excluding carboxylic acids is 1. The molecule has 3 heterocycles. The molecular weight excluding hydrogens is 686 g/mol. The van der Waals surface area contributed by atoms with Crippen LogP contribution in [0.2, 0.25) is 0 Å². The quantitative estimate of drug-likeness (QED) is 0.195. The second kappa shape index (κ2) is 14.5. The van der Waals surface area contributed by atoms with Crippen molar-refractivity contribution >= 4 is 39.1 Å². The second-order valence-electron chi connectivity index (χ2n) is 11.8. The zero-order valence-electron chi connectivity index (χ0n) is 28.4. The van der Waals surface area contributed by atoms with E-state index in [1.807, 2.05) is 0 Å². The van der Waals surface area contributed by atoms with Crippen LogP contribution in [-0.2, 0) is 10.0 Å². The highest BCUT2D eigenvalue weighted by atomic mass is 32.2. The number of nitrogens with one attached hydrogen (secondary N) is 2. The fourth-order valence-electron chi connectivity index (χ4n) is 4.75. The summed E-state index contributed by atoms with van der Waals surface area (Å²) in [4.78, 5) is 50.0. The minimum Gasteiger partial charge on any atom is -0.454 e. The van der Waals surface area contributed by atoms with Gasteiger partial charge in [0, 0.05) is 64.4 Å². The molecule has 0 atom stereocenters. The molecular formula is C34H34F2N8O6S. The first-order valence-corrected chi connectivity index (χ1v) is 16.8. The van der Waals surface area contributed by atoms with E-state index in [1.54, 1.807) is 38.9 Å². The molecule has 0 aliphatic carbocycles. The van der Waals surface area contributed by atoms with Crippen LogP contribution in [0.25, 0.3) is 5.69 Å².